The molecular formula is C23H20ClF3N2O2. The molecule has 0 bridgehead atoms. The largest absolute Gasteiger partial charge is 0.497 e. The monoisotopic (exact) mass is 448 g/mol. The molecule has 0 aliphatic heterocycles. The van der Waals surface area contributed by atoms with Crippen LogP contribution in [0.4, 0.5) is 24.5 Å². The highest BCUT2D eigenvalue weighted by atomic mass is 35.5. The molecule has 4 nitrogen and oxygen atoms in total. The van der Waals surface area contributed by atoms with E-state index in [1.165, 1.54) is 6.07 Å². The van der Waals surface area contributed by atoms with Crippen molar-refractivity contribution in [3.63, 3.8) is 0 Å². The molecule has 162 valence electrons. The third-order valence-corrected chi connectivity index (χ3v) is 4.78. The van der Waals surface area contributed by atoms with E-state index < -0.39 is 17.6 Å². The minimum Gasteiger partial charge on any atom is -0.497 e. The fourth-order valence-electron chi connectivity index (χ4n) is 3.06. The minimum absolute atomic E-state index is 0.0609. The molecule has 0 aliphatic rings. The van der Waals surface area contributed by atoms with Gasteiger partial charge in [-0.1, -0.05) is 41.9 Å². The highest BCUT2D eigenvalue weighted by Gasteiger charge is 2.34. The van der Waals surface area contributed by atoms with Crippen LogP contribution in [-0.4, -0.2) is 19.6 Å². The number of methoxy groups -OCH3 is 1. The molecule has 1 amide bonds. The summed E-state index contributed by atoms with van der Waals surface area (Å²) in [7, 11) is 1.55. The van der Waals surface area contributed by atoms with Gasteiger partial charge in [0, 0.05) is 17.3 Å². The molecule has 0 aromatic heterocycles. The van der Waals surface area contributed by atoms with Crippen molar-refractivity contribution in [1.29, 1.82) is 0 Å². The third kappa shape index (κ3) is 6.15. The number of carbonyl (C=O) groups excluding carboxylic acids is 1. The van der Waals surface area contributed by atoms with Gasteiger partial charge in [0.15, 0.2) is 0 Å². The van der Waals surface area contributed by atoms with Crippen molar-refractivity contribution in [3.8, 4) is 5.75 Å². The molecular weight excluding hydrogens is 429 g/mol. The quantitative estimate of drug-likeness (QED) is 0.481. The van der Waals surface area contributed by atoms with E-state index in [1.54, 1.807) is 36.3 Å². The Balaban J connectivity index is 1.83. The van der Waals surface area contributed by atoms with Gasteiger partial charge in [0.1, 0.15) is 5.75 Å². The summed E-state index contributed by atoms with van der Waals surface area (Å²) in [5, 5.41) is 2.31. The van der Waals surface area contributed by atoms with Gasteiger partial charge in [-0.05, 0) is 48.0 Å². The molecule has 0 atom stereocenters. The van der Waals surface area contributed by atoms with Crippen LogP contribution in [0.25, 0.3) is 0 Å². The maximum absolute atomic E-state index is 13.3. The van der Waals surface area contributed by atoms with Crippen LogP contribution in [0.2, 0.25) is 5.02 Å². The van der Waals surface area contributed by atoms with Crippen LogP contribution in [0, 0.1) is 0 Å². The Morgan fingerprint density at radius 2 is 1.71 bits per heavy atom. The van der Waals surface area contributed by atoms with Crippen LogP contribution in [-0.2, 0) is 17.5 Å². The van der Waals surface area contributed by atoms with Gasteiger partial charge in [-0.2, -0.15) is 13.2 Å². The third-order valence-electron chi connectivity index (χ3n) is 4.55. The Kier molecular flexibility index (Phi) is 7.07. The van der Waals surface area contributed by atoms with Crippen molar-refractivity contribution in [1.82, 2.24) is 0 Å². The number of ether oxygens (including phenoxy) is 1. The first kappa shape index (κ1) is 22.5. The lowest BCUT2D eigenvalue weighted by atomic mass is 10.1. The molecule has 0 saturated carbocycles. The number of anilines is 2. The number of hydrogen-bond donors (Lipinski definition) is 1. The molecule has 0 fully saturated rings. The second-order valence-corrected chi connectivity index (χ2v) is 7.21. The lowest BCUT2D eigenvalue weighted by Crippen LogP contribution is -2.33. The molecule has 0 aliphatic carbocycles. The fraction of sp³-hybridized carbons (Fsp3) is 0.174. The van der Waals surface area contributed by atoms with Crippen molar-refractivity contribution >= 4 is 28.9 Å². The Labute approximate surface area is 183 Å². The number of halogens is 4. The van der Waals surface area contributed by atoms with Gasteiger partial charge >= 0.3 is 6.18 Å². The van der Waals surface area contributed by atoms with Crippen LogP contribution in [0.15, 0.2) is 72.8 Å². The molecule has 0 saturated heterocycles. The molecule has 0 unspecified atom stereocenters. The van der Waals surface area contributed by atoms with Crippen LogP contribution in [0.5, 0.6) is 5.75 Å². The molecule has 0 radical (unpaired) electrons. The van der Waals surface area contributed by atoms with E-state index in [0.717, 1.165) is 23.4 Å². The fourth-order valence-corrected chi connectivity index (χ4v) is 3.23. The summed E-state index contributed by atoms with van der Waals surface area (Å²) in [6.45, 7) is 0.245. The zero-order chi connectivity index (χ0) is 22.4. The summed E-state index contributed by atoms with van der Waals surface area (Å²) in [4.78, 5) is 14.5. The highest BCUT2D eigenvalue weighted by Crippen LogP contribution is 2.36. The SMILES string of the molecule is COc1ccc(N(CC(=O)Nc2ccc(Cl)cc2C(F)(F)F)Cc2ccccc2)cc1. The number of rotatable bonds is 7. The van der Waals surface area contributed by atoms with E-state index >= 15 is 0 Å². The first-order valence-electron chi connectivity index (χ1n) is 9.36. The summed E-state index contributed by atoms with van der Waals surface area (Å²) in [5.74, 6) is 0.0726. The van der Waals surface area contributed by atoms with Crippen molar-refractivity contribution in [2.24, 2.45) is 0 Å². The van der Waals surface area contributed by atoms with E-state index in [-0.39, 0.29) is 17.3 Å². The van der Waals surface area contributed by atoms with Crippen molar-refractivity contribution in [3.05, 3.63) is 88.9 Å². The molecule has 3 aromatic carbocycles. The molecule has 3 rings (SSSR count). The summed E-state index contributed by atoms with van der Waals surface area (Å²) in [5.41, 5.74) is 0.351. The average molecular weight is 449 g/mol. The Hall–Kier alpha value is -3.19. The molecule has 1 N–H and O–H groups in total. The lowest BCUT2D eigenvalue weighted by Gasteiger charge is -2.25. The number of hydrogen-bond acceptors (Lipinski definition) is 3. The van der Waals surface area contributed by atoms with Crippen LogP contribution in [0.1, 0.15) is 11.1 Å². The number of amides is 1. The highest BCUT2D eigenvalue weighted by molar-refractivity contribution is 6.30. The Bertz CT molecular complexity index is 1030. The average Bonchev–Trinajstić information content (AvgIpc) is 2.74. The normalized spacial score (nSPS) is 11.1. The maximum Gasteiger partial charge on any atom is 0.418 e. The van der Waals surface area contributed by atoms with Gasteiger partial charge in [-0.15, -0.1) is 0 Å². The van der Waals surface area contributed by atoms with Crippen molar-refractivity contribution < 1.29 is 22.7 Å². The van der Waals surface area contributed by atoms with Gasteiger partial charge < -0.3 is 15.0 Å². The predicted molar refractivity (Wildman–Crippen MR) is 116 cm³/mol. The standard InChI is InChI=1S/C23H20ClF3N2O2/c1-31-19-10-8-18(9-11-19)29(14-16-5-3-2-4-6-16)15-22(30)28-21-12-7-17(24)13-20(21)23(25,26)27/h2-13H,14-15H2,1H3,(H,28,30). The molecule has 0 spiro atoms. The predicted octanol–water partition coefficient (Wildman–Crippen LogP) is 6.01. The molecule has 31 heavy (non-hydrogen) atoms. The zero-order valence-electron chi connectivity index (χ0n) is 16.6. The summed E-state index contributed by atoms with van der Waals surface area (Å²) >= 11 is 5.71. The maximum atomic E-state index is 13.3. The second kappa shape index (κ2) is 9.75. The van der Waals surface area contributed by atoms with Gasteiger partial charge in [-0.25, -0.2) is 0 Å². The van der Waals surface area contributed by atoms with Crippen LogP contribution >= 0.6 is 11.6 Å². The number of nitrogens with one attached hydrogen (secondary N) is 1. The van der Waals surface area contributed by atoms with Gasteiger partial charge in [0.2, 0.25) is 5.91 Å². The van der Waals surface area contributed by atoms with E-state index in [9.17, 15) is 18.0 Å². The molecule has 0 heterocycles. The zero-order valence-corrected chi connectivity index (χ0v) is 17.4. The van der Waals surface area contributed by atoms with E-state index in [0.29, 0.717) is 12.3 Å². The lowest BCUT2D eigenvalue weighted by molar-refractivity contribution is -0.137. The van der Waals surface area contributed by atoms with Crippen molar-refractivity contribution in [2.75, 3.05) is 23.9 Å². The van der Waals surface area contributed by atoms with Crippen LogP contribution in [0.3, 0.4) is 0 Å². The first-order chi connectivity index (χ1) is 14.8. The van der Waals surface area contributed by atoms with Gasteiger partial charge in [-0.3, -0.25) is 4.79 Å². The number of carbonyl (C=O) groups is 1. The van der Waals surface area contributed by atoms with Gasteiger partial charge in [0.25, 0.3) is 0 Å². The Morgan fingerprint density at radius 1 is 1.03 bits per heavy atom. The first-order valence-corrected chi connectivity index (χ1v) is 9.73. The summed E-state index contributed by atoms with van der Waals surface area (Å²) in [6.07, 6.45) is -4.65. The second-order valence-electron chi connectivity index (χ2n) is 6.78. The summed E-state index contributed by atoms with van der Waals surface area (Å²) in [6, 6.07) is 19.8. The number of nitrogens with zero attached hydrogens (tertiary/aromatic N) is 1. The minimum atomic E-state index is -4.65. The topological polar surface area (TPSA) is 41.6 Å². The van der Waals surface area contributed by atoms with E-state index in [4.69, 9.17) is 16.3 Å². The van der Waals surface area contributed by atoms with Crippen LogP contribution < -0.4 is 15.0 Å². The van der Waals surface area contributed by atoms with E-state index in [2.05, 4.69) is 5.32 Å². The molecule has 3 aromatic rings. The summed E-state index contributed by atoms with van der Waals surface area (Å²) < 4.78 is 45.2. The Morgan fingerprint density at radius 3 is 2.32 bits per heavy atom. The number of benzene rings is 3. The van der Waals surface area contributed by atoms with Gasteiger partial charge in [0.05, 0.1) is 24.9 Å². The smallest absolute Gasteiger partial charge is 0.418 e. The number of alkyl halides is 3. The van der Waals surface area contributed by atoms with E-state index in [1.807, 2.05) is 30.3 Å². The van der Waals surface area contributed by atoms with Crippen molar-refractivity contribution in [2.45, 2.75) is 12.7 Å². The molecule has 8 heteroatoms.